The monoisotopic (exact) mass is 292 g/mol. The van der Waals surface area contributed by atoms with Crippen LogP contribution in [0.5, 0.6) is 0 Å². The average molecular weight is 292 g/mol. The molecule has 0 amide bonds. The number of hydrogen-bond donors (Lipinski definition) is 2. The van der Waals surface area contributed by atoms with Crippen molar-refractivity contribution in [3.8, 4) is 0 Å². The second-order valence-corrected chi connectivity index (χ2v) is 7.98. The Balaban J connectivity index is 2.94. The first-order valence-corrected chi connectivity index (χ1v) is 8.70. The summed E-state index contributed by atoms with van der Waals surface area (Å²) < 4.78 is 48.0. The molecule has 1 rings (SSSR count). The van der Waals surface area contributed by atoms with Gasteiger partial charge < -0.3 is 5.73 Å². The fraction of sp³-hybridized carbons (Fsp3) is 0.400. The molecule has 0 aliphatic heterocycles. The predicted octanol–water partition coefficient (Wildman–Crippen LogP) is -0.0999. The molecule has 0 radical (unpaired) electrons. The van der Waals surface area contributed by atoms with E-state index in [1.807, 2.05) is 0 Å². The topological polar surface area (TPSA) is 106 Å². The fourth-order valence-electron chi connectivity index (χ4n) is 1.48. The summed E-state index contributed by atoms with van der Waals surface area (Å²) in [5.74, 6) is -0.252. The zero-order valence-corrected chi connectivity index (χ0v) is 11.8. The van der Waals surface area contributed by atoms with Gasteiger partial charge in [0.05, 0.1) is 11.4 Å². The molecule has 0 heterocycles. The van der Waals surface area contributed by atoms with Crippen LogP contribution >= 0.6 is 0 Å². The Hall–Kier alpha value is -1.12. The van der Waals surface area contributed by atoms with Gasteiger partial charge in [-0.25, -0.2) is 21.6 Å². The van der Waals surface area contributed by atoms with Crippen LogP contribution in [0.1, 0.15) is 5.56 Å². The molecular formula is C10H16N2O4S2. The number of nitrogens with two attached hydrogens (primary N) is 1. The van der Waals surface area contributed by atoms with Gasteiger partial charge in [-0.3, -0.25) is 0 Å². The number of nitrogen functional groups attached to an aromatic ring is 1. The lowest BCUT2D eigenvalue weighted by atomic mass is 10.2. The van der Waals surface area contributed by atoms with Crippen molar-refractivity contribution < 1.29 is 16.8 Å². The van der Waals surface area contributed by atoms with E-state index in [-0.39, 0.29) is 22.9 Å². The van der Waals surface area contributed by atoms with Crippen LogP contribution in [0.4, 0.5) is 5.69 Å². The van der Waals surface area contributed by atoms with Gasteiger partial charge in [-0.2, -0.15) is 0 Å². The van der Waals surface area contributed by atoms with Gasteiger partial charge in [0.2, 0.25) is 10.0 Å². The SMILES string of the molecule is Cc1cccc(N)c1S(=O)(=O)NCCS(C)(=O)=O. The molecule has 18 heavy (non-hydrogen) atoms. The van der Waals surface area contributed by atoms with E-state index in [0.29, 0.717) is 5.56 Å². The number of sulfonamides is 1. The van der Waals surface area contributed by atoms with Crippen LogP contribution < -0.4 is 10.5 Å². The van der Waals surface area contributed by atoms with E-state index in [1.54, 1.807) is 19.1 Å². The molecule has 102 valence electrons. The van der Waals surface area contributed by atoms with Crippen LogP contribution in [0.3, 0.4) is 0 Å². The molecule has 0 fully saturated rings. The summed E-state index contributed by atoms with van der Waals surface area (Å²) in [6.07, 6.45) is 1.05. The normalized spacial score (nSPS) is 12.6. The van der Waals surface area contributed by atoms with Crippen molar-refractivity contribution >= 4 is 25.5 Å². The Morgan fingerprint density at radius 1 is 1.22 bits per heavy atom. The molecule has 0 saturated carbocycles. The summed E-state index contributed by atoms with van der Waals surface area (Å²) in [4.78, 5) is -0.00139. The minimum Gasteiger partial charge on any atom is -0.398 e. The van der Waals surface area contributed by atoms with E-state index in [4.69, 9.17) is 5.73 Å². The predicted molar refractivity (Wildman–Crippen MR) is 70.5 cm³/mol. The van der Waals surface area contributed by atoms with Crippen molar-refractivity contribution in [1.29, 1.82) is 0 Å². The fourth-order valence-corrected chi connectivity index (χ4v) is 3.46. The third-order valence-electron chi connectivity index (χ3n) is 2.28. The van der Waals surface area contributed by atoms with Crippen molar-refractivity contribution in [2.45, 2.75) is 11.8 Å². The molecule has 6 nitrogen and oxygen atoms in total. The van der Waals surface area contributed by atoms with Crippen LogP contribution in [0.2, 0.25) is 0 Å². The lowest BCUT2D eigenvalue weighted by molar-refractivity contribution is 0.582. The van der Waals surface area contributed by atoms with Crippen molar-refractivity contribution in [2.24, 2.45) is 0 Å². The number of anilines is 1. The third kappa shape index (κ3) is 3.97. The van der Waals surface area contributed by atoms with Gasteiger partial charge >= 0.3 is 0 Å². The standard InChI is InChI=1S/C10H16N2O4S2/c1-8-4-3-5-9(11)10(8)18(15,16)12-6-7-17(2,13)14/h3-5,12H,6-7,11H2,1-2H3. The highest BCUT2D eigenvalue weighted by molar-refractivity contribution is 7.91. The Morgan fingerprint density at radius 3 is 2.33 bits per heavy atom. The van der Waals surface area contributed by atoms with Crippen molar-refractivity contribution in [3.63, 3.8) is 0 Å². The van der Waals surface area contributed by atoms with Gasteiger partial charge in [-0.15, -0.1) is 0 Å². The number of hydrogen-bond acceptors (Lipinski definition) is 5. The van der Waals surface area contributed by atoms with Crippen molar-refractivity contribution in [3.05, 3.63) is 23.8 Å². The van der Waals surface area contributed by atoms with Crippen LogP contribution in [-0.2, 0) is 19.9 Å². The summed E-state index contributed by atoms with van der Waals surface area (Å²) in [5.41, 5.74) is 6.28. The van der Waals surface area contributed by atoms with Gasteiger partial charge in [0, 0.05) is 12.8 Å². The van der Waals surface area contributed by atoms with Gasteiger partial charge in [-0.1, -0.05) is 12.1 Å². The second-order valence-electron chi connectivity index (χ2n) is 4.02. The van der Waals surface area contributed by atoms with E-state index in [1.165, 1.54) is 6.07 Å². The summed E-state index contributed by atoms with van der Waals surface area (Å²) in [6, 6.07) is 4.76. The molecule has 8 heteroatoms. The molecule has 0 aromatic heterocycles. The molecule has 3 N–H and O–H groups in total. The molecule has 0 atom stereocenters. The first-order valence-electron chi connectivity index (χ1n) is 5.16. The van der Waals surface area contributed by atoms with E-state index < -0.39 is 19.9 Å². The first-order chi connectivity index (χ1) is 8.13. The maximum atomic E-state index is 12.0. The first kappa shape index (κ1) is 14.9. The van der Waals surface area contributed by atoms with E-state index in [0.717, 1.165) is 6.26 Å². The number of nitrogens with one attached hydrogen (secondary N) is 1. The molecule has 1 aromatic carbocycles. The maximum absolute atomic E-state index is 12.0. The quantitative estimate of drug-likeness (QED) is 0.737. The van der Waals surface area contributed by atoms with Crippen molar-refractivity contribution in [2.75, 3.05) is 24.3 Å². The van der Waals surface area contributed by atoms with Gasteiger partial charge in [-0.05, 0) is 18.6 Å². The number of benzene rings is 1. The minimum absolute atomic E-state index is 0.00139. The van der Waals surface area contributed by atoms with Gasteiger partial charge in [0.25, 0.3) is 0 Å². The highest BCUT2D eigenvalue weighted by Gasteiger charge is 2.19. The van der Waals surface area contributed by atoms with E-state index >= 15 is 0 Å². The highest BCUT2D eigenvalue weighted by Crippen LogP contribution is 2.21. The summed E-state index contributed by atoms with van der Waals surface area (Å²) >= 11 is 0. The molecule has 0 saturated heterocycles. The van der Waals surface area contributed by atoms with E-state index in [2.05, 4.69) is 4.72 Å². The second kappa shape index (κ2) is 5.25. The highest BCUT2D eigenvalue weighted by atomic mass is 32.2. The lowest BCUT2D eigenvalue weighted by Crippen LogP contribution is -2.30. The smallest absolute Gasteiger partial charge is 0.242 e. The molecule has 0 unspecified atom stereocenters. The Bertz CT molecular complexity index is 616. The molecule has 1 aromatic rings. The zero-order chi connectivity index (χ0) is 14.0. The Morgan fingerprint density at radius 2 is 1.83 bits per heavy atom. The molecular weight excluding hydrogens is 276 g/mol. The van der Waals surface area contributed by atoms with E-state index in [9.17, 15) is 16.8 Å². The molecule has 0 spiro atoms. The van der Waals surface area contributed by atoms with Crippen LogP contribution in [0.15, 0.2) is 23.1 Å². The van der Waals surface area contributed by atoms with Gasteiger partial charge in [0.1, 0.15) is 14.7 Å². The summed E-state index contributed by atoms with van der Waals surface area (Å²) in [5, 5.41) is 0. The Kier molecular flexibility index (Phi) is 4.36. The average Bonchev–Trinajstić information content (AvgIpc) is 2.13. The largest absolute Gasteiger partial charge is 0.398 e. The van der Waals surface area contributed by atoms with Crippen LogP contribution in [-0.4, -0.2) is 35.4 Å². The minimum atomic E-state index is -3.78. The lowest BCUT2D eigenvalue weighted by Gasteiger charge is -2.11. The number of sulfone groups is 1. The summed E-state index contributed by atoms with van der Waals surface area (Å²) in [7, 11) is -6.99. The molecule has 0 aliphatic carbocycles. The molecule has 0 bridgehead atoms. The van der Waals surface area contributed by atoms with Crippen molar-refractivity contribution in [1.82, 2.24) is 4.72 Å². The van der Waals surface area contributed by atoms with Crippen LogP contribution in [0.25, 0.3) is 0 Å². The summed E-state index contributed by atoms with van der Waals surface area (Å²) in [6.45, 7) is 1.45. The number of aryl methyl sites for hydroxylation is 1. The third-order valence-corrected chi connectivity index (χ3v) is 4.90. The maximum Gasteiger partial charge on any atom is 0.242 e. The Labute approximate surface area is 107 Å². The number of rotatable bonds is 5. The molecule has 0 aliphatic rings. The van der Waals surface area contributed by atoms with Gasteiger partial charge in [0.15, 0.2) is 0 Å². The van der Waals surface area contributed by atoms with Crippen LogP contribution in [0, 0.1) is 6.92 Å². The zero-order valence-electron chi connectivity index (χ0n) is 10.2.